The SMILES string of the molecule is Cc1oc(C(C)C)cc1C(=O)Nc1cccc(CN2CCC(C(N)=O)CC2)c1. The predicted octanol–water partition coefficient (Wildman–Crippen LogP) is 3.66. The molecule has 0 radical (unpaired) electrons. The summed E-state index contributed by atoms with van der Waals surface area (Å²) in [5, 5.41) is 2.97. The normalized spacial score (nSPS) is 15.7. The molecule has 6 nitrogen and oxygen atoms in total. The van der Waals surface area contributed by atoms with Crippen molar-refractivity contribution in [2.45, 2.75) is 46.1 Å². The number of nitrogens with zero attached hydrogens (tertiary/aromatic N) is 1. The smallest absolute Gasteiger partial charge is 0.259 e. The Hall–Kier alpha value is -2.60. The molecule has 2 heterocycles. The molecule has 1 saturated heterocycles. The van der Waals surface area contributed by atoms with Gasteiger partial charge in [0, 0.05) is 24.1 Å². The van der Waals surface area contributed by atoms with Crippen LogP contribution in [0.1, 0.15) is 60.0 Å². The van der Waals surface area contributed by atoms with Crippen LogP contribution >= 0.6 is 0 Å². The molecule has 0 spiro atoms. The van der Waals surface area contributed by atoms with E-state index in [4.69, 9.17) is 10.2 Å². The number of carbonyl (C=O) groups is 2. The first kappa shape index (κ1) is 20.1. The third-order valence-corrected chi connectivity index (χ3v) is 5.33. The monoisotopic (exact) mass is 383 g/mol. The molecule has 0 bridgehead atoms. The second kappa shape index (κ2) is 8.61. The number of hydrogen-bond donors (Lipinski definition) is 2. The number of benzene rings is 1. The number of carbonyl (C=O) groups excluding carboxylic acids is 2. The summed E-state index contributed by atoms with van der Waals surface area (Å²) in [6.07, 6.45) is 1.62. The molecule has 28 heavy (non-hydrogen) atoms. The van der Waals surface area contributed by atoms with Crippen LogP contribution in [0.2, 0.25) is 0 Å². The highest BCUT2D eigenvalue weighted by Gasteiger charge is 2.23. The van der Waals surface area contributed by atoms with Crippen molar-refractivity contribution in [2.75, 3.05) is 18.4 Å². The number of nitrogens with one attached hydrogen (secondary N) is 1. The van der Waals surface area contributed by atoms with Crippen molar-refractivity contribution in [3.05, 3.63) is 53.0 Å². The van der Waals surface area contributed by atoms with Gasteiger partial charge in [-0.05, 0) is 56.6 Å². The van der Waals surface area contributed by atoms with Gasteiger partial charge in [-0.1, -0.05) is 26.0 Å². The minimum atomic E-state index is -0.195. The first-order chi connectivity index (χ1) is 13.3. The summed E-state index contributed by atoms with van der Waals surface area (Å²) in [4.78, 5) is 26.3. The van der Waals surface area contributed by atoms with Crippen LogP contribution in [0.15, 0.2) is 34.7 Å². The molecule has 6 heteroatoms. The number of hydrogen-bond acceptors (Lipinski definition) is 4. The Morgan fingerprint density at radius 1 is 1.25 bits per heavy atom. The first-order valence-electron chi connectivity index (χ1n) is 9.85. The number of rotatable bonds is 6. The summed E-state index contributed by atoms with van der Waals surface area (Å²) in [6, 6.07) is 9.71. The van der Waals surface area contributed by atoms with Gasteiger partial charge < -0.3 is 15.5 Å². The molecule has 3 N–H and O–H groups in total. The van der Waals surface area contributed by atoms with Gasteiger partial charge in [-0.25, -0.2) is 0 Å². The Morgan fingerprint density at radius 3 is 2.57 bits per heavy atom. The van der Waals surface area contributed by atoms with Gasteiger partial charge in [-0.2, -0.15) is 0 Å². The van der Waals surface area contributed by atoms with Gasteiger partial charge in [-0.15, -0.1) is 0 Å². The number of primary amides is 1. The number of aryl methyl sites for hydroxylation is 1. The molecule has 2 aromatic rings. The second-order valence-electron chi connectivity index (χ2n) is 7.88. The average molecular weight is 383 g/mol. The van der Waals surface area contributed by atoms with E-state index in [2.05, 4.69) is 16.3 Å². The predicted molar refractivity (Wildman–Crippen MR) is 109 cm³/mol. The highest BCUT2D eigenvalue weighted by molar-refractivity contribution is 6.05. The van der Waals surface area contributed by atoms with E-state index in [1.54, 1.807) is 0 Å². The van der Waals surface area contributed by atoms with Crippen LogP contribution in [-0.2, 0) is 11.3 Å². The maximum atomic E-state index is 12.6. The number of likely N-dealkylation sites (tertiary alicyclic amines) is 1. The van der Waals surface area contributed by atoms with Crippen LogP contribution in [-0.4, -0.2) is 29.8 Å². The summed E-state index contributed by atoms with van der Waals surface area (Å²) in [5.74, 6) is 1.33. The highest BCUT2D eigenvalue weighted by Crippen LogP contribution is 2.24. The highest BCUT2D eigenvalue weighted by atomic mass is 16.3. The van der Waals surface area contributed by atoms with Crippen LogP contribution in [0.4, 0.5) is 5.69 Å². The van der Waals surface area contributed by atoms with Gasteiger partial charge in [0.25, 0.3) is 5.91 Å². The second-order valence-corrected chi connectivity index (χ2v) is 7.88. The van der Waals surface area contributed by atoms with E-state index >= 15 is 0 Å². The Balaban J connectivity index is 1.62. The number of nitrogens with two attached hydrogens (primary N) is 1. The Bertz CT molecular complexity index is 848. The van der Waals surface area contributed by atoms with Crippen molar-refractivity contribution < 1.29 is 14.0 Å². The summed E-state index contributed by atoms with van der Waals surface area (Å²) in [6.45, 7) is 8.39. The Morgan fingerprint density at radius 2 is 1.96 bits per heavy atom. The fourth-order valence-electron chi connectivity index (χ4n) is 3.59. The zero-order chi connectivity index (χ0) is 20.3. The fourth-order valence-corrected chi connectivity index (χ4v) is 3.59. The minimum absolute atomic E-state index is 0.00389. The zero-order valence-electron chi connectivity index (χ0n) is 16.8. The van der Waals surface area contributed by atoms with Gasteiger partial charge in [-0.3, -0.25) is 14.5 Å². The molecular weight excluding hydrogens is 354 g/mol. The summed E-state index contributed by atoms with van der Waals surface area (Å²) < 4.78 is 5.68. The van der Waals surface area contributed by atoms with Crippen LogP contribution in [0.25, 0.3) is 0 Å². The molecule has 2 amide bonds. The van der Waals surface area contributed by atoms with E-state index in [0.29, 0.717) is 11.3 Å². The summed E-state index contributed by atoms with van der Waals surface area (Å²) in [5.41, 5.74) is 7.87. The van der Waals surface area contributed by atoms with Crippen LogP contribution in [0.5, 0.6) is 0 Å². The third kappa shape index (κ3) is 4.81. The largest absolute Gasteiger partial charge is 0.465 e. The molecule has 1 aliphatic heterocycles. The third-order valence-electron chi connectivity index (χ3n) is 5.33. The molecule has 150 valence electrons. The minimum Gasteiger partial charge on any atom is -0.465 e. The molecule has 3 rings (SSSR count). The number of anilines is 1. The van der Waals surface area contributed by atoms with Crippen molar-refractivity contribution >= 4 is 17.5 Å². The molecular formula is C22H29N3O3. The molecule has 0 aliphatic carbocycles. The number of piperidine rings is 1. The lowest BCUT2D eigenvalue weighted by atomic mass is 9.96. The molecule has 0 unspecified atom stereocenters. The van der Waals surface area contributed by atoms with Crippen LogP contribution in [0.3, 0.4) is 0 Å². The maximum absolute atomic E-state index is 12.6. The van der Waals surface area contributed by atoms with E-state index < -0.39 is 0 Å². The van der Waals surface area contributed by atoms with Crippen molar-refractivity contribution in [3.8, 4) is 0 Å². The lowest BCUT2D eigenvalue weighted by Crippen LogP contribution is -2.38. The lowest BCUT2D eigenvalue weighted by Gasteiger charge is -2.30. The summed E-state index contributed by atoms with van der Waals surface area (Å²) in [7, 11) is 0. The molecule has 0 saturated carbocycles. The van der Waals surface area contributed by atoms with Crippen molar-refractivity contribution in [1.29, 1.82) is 0 Å². The average Bonchev–Trinajstić information content (AvgIpc) is 3.05. The quantitative estimate of drug-likeness (QED) is 0.797. The van der Waals surface area contributed by atoms with Crippen molar-refractivity contribution in [3.63, 3.8) is 0 Å². The maximum Gasteiger partial charge on any atom is 0.259 e. The summed E-state index contributed by atoms with van der Waals surface area (Å²) >= 11 is 0. The van der Waals surface area contributed by atoms with Gasteiger partial charge in [0.05, 0.1) is 5.56 Å². The van der Waals surface area contributed by atoms with Crippen LogP contribution in [0, 0.1) is 12.8 Å². The van der Waals surface area contributed by atoms with E-state index in [0.717, 1.165) is 49.5 Å². The molecule has 1 aromatic carbocycles. The Labute approximate surface area is 166 Å². The van der Waals surface area contributed by atoms with E-state index in [1.165, 1.54) is 0 Å². The van der Waals surface area contributed by atoms with E-state index in [1.807, 2.05) is 45.0 Å². The molecule has 1 fully saturated rings. The van der Waals surface area contributed by atoms with Gasteiger partial charge in [0.2, 0.25) is 5.91 Å². The van der Waals surface area contributed by atoms with Crippen LogP contribution < -0.4 is 11.1 Å². The zero-order valence-corrected chi connectivity index (χ0v) is 16.8. The fraction of sp³-hybridized carbons (Fsp3) is 0.455. The first-order valence-corrected chi connectivity index (χ1v) is 9.85. The van der Waals surface area contributed by atoms with Crippen molar-refractivity contribution in [2.24, 2.45) is 11.7 Å². The molecule has 1 aliphatic rings. The van der Waals surface area contributed by atoms with Gasteiger partial charge in [0.1, 0.15) is 11.5 Å². The van der Waals surface area contributed by atoms with E-state index in [9.17, 15) is 9.59 Å². The Kier molecular flexibility index (Phi) is 6.19. The molecule has 1 aromatic heterocycles. The number of amides is 2. The van der Waals surface area contributed by atoms with E-state index in [-0.39, 0.29) is 23.7 Å². The lowest BCUT2D eigenvalue weighted by molar-refractivity contribution is -0.123. The topological polar surface area (TPSA) is 88.6 Å². The van der Waals surface area contributed by atoms with Gasteiger partial charge >= 0.3 is 0 Å². The van der Waals surface area contributed by atoms with Gasteiger partial charge in [0.15, 0.2) is 0 Å². The van der Waals surface area contributed by atoms with Crippen molar-refractivity contribution in [1.82, 2.24) is 4.90 Å². The molecule has 0 atom stereocenters. The number of furan rings is 1. The standard InChI is InChI=1S/C22H29N3O3/c1-14(2)20-12-19(15(3)28-20)22(27)24-18-6-4-5-16(11-18)13-25-9-7-17(8-10-25)21(23)26/h4-6,11-12,14,17H,7-10,13H2,1-3H3,(H2,23,26)(H,24,27).